The van der Waals surface area contributed by atoms with Crippen LogP contribution in [0.3, 0.4) is 0 Å². The molecule has 2 N–H and O–H groups in total. The van der Waals surface area contributed by atoms with E-state index in [9.17, 15) is 9.59 Å². The summed E-state index contributed by atoms with van der Waals surface area (Å²) in [6.07, 6.45) is 0. The molecule has 7 nitrogen and oxygen atoms in total. The first kappa shape index (κ1) is 24.6. The summed E-state index contributed by atoms with van der Waals surface area (Å²) >= 11 is 0. The summed E-state index contributed by atoms with van der Waals surface area (Å²) in [5.41, 5.74) is 1.38. The van der Waals surface area contributed by atoms with Crippen molar-refractivity contribution >= 4 is 34.0 Å². The SMILES string of the molecule is CCOc1cc(NC(=O)c2ccccc2)c(OCC)cc1NC(=O)COc1ccc2ccccc2c1. The van der Waals surface area contributed by atoms with Gasteiger partial charge in [-0.25, -0.2) is 0 Å². The molecule has 4 rings (SSSR count). The van der Waals surface area contributed by atoms with Gasteiger partial charge in [0, 0.05) is 17.7 Å². The van der Waals surface area contributed by atoms with E-state index in [4.69, 9.17) is 14.2 Å². The Bertz CT molecular complexity index is 1350. The highest BCUT2D eigenvalue weighted by Crippen LogP contribution is 2.37. The van der Waals surface area contributed by atoms with Crippen LogP contribution < -0.4 is 24.8 Å². The van der Waals surface area contributed by atoms with Gasteiger partial charge in [-0.3, -0.25) is 9.59 Å². The number of hydrogen-bond donors (Lipinski definition) is 2. The molecule has 0 atom stereocenters. The molecular formula is C29H28N2O5. The van der Waals surface area contributed by atoms with Gasteiger partial charge in [-0.15, -0.1) is 0 Å². The highest BCUT2D eigenvalue weighted by Gasteiger charge is 2.17. The fourth-order valence-electron chi connectivity index (χ4n) is 3.68. The molecule has 0 aromatic heterocycles. The van der Waals surface area contributed by atoms with E-state index in [-0.39, 0.29) is 18.4 Å². The van der Waals surface area contributed by atoms with Crippen molar-refractivity contribution in [1.82, 2.24) is 0 Å². The van der Waals surface area contributed by atoms with Crippen LogP contribution in [0.15, 0.2) is 84.9 Å². The first-order valence-electron chi connectivity index (χ1n) is 11.8. The third-order valence-electron chi connectivity index (χ3n) is 5.33. The van der Waals surface area contributed by atoms with Crippen LogP contribution >= 0.6 is 0 Å². The number of carbonyl (C=O) groups excluding carboxylic acids is 2. The predicted octanol–water partition coefficient (Wildman–Crippen LogP) is 5.91. The van der Waals surface area contributed by atoms with Crippen molar-refractivity contribution in [3.8, 4) is 17.2 Å². The number of hydrogen-bond acceptors (Lipinski definition) is 5. The molecule has 0 heterocycles. The lowest BCUT2D eigenvalue weighted by molar-refractivity contribution is -0.118. The van der Waals surface area contributed by atoms with Crippen LogP contribution in [0.5, 0.6) is 17.2 Å². The van der Waals surface area contributed by atoms with Gasteiger partial charge in [0.05, 0.1) is 24.6 Å². The molecule has 184 valence electrons. The number of benzene rings is 4. The molecule has 0 saturated heterocycles. The van der Waals surface area contributed by atoms with Gasteiger partial charge in [0.15, 0.2) is 6.61 Å². The molecule has 4 aromatic rings. The molecule has 0 spiro atoms. The van der Waals surface area contributed by atoms with Crippen LogP contribution in [0.4, 0.5) is 11.4 Å². The normalized spacial score (nSPS) is 10.5. The van der Waals surface area contributed by atoms with Gasteiger partial charge in [-0.05, 0) is 48.9 Å². The summed E-state index contributed by atoms with van der Waals surface area (Å²) in [6.45, 7) is 4.25. The van der Waals surface area contributed by atoms with Crippen LogP contribution in [-0.4, -0.2) is 31.6 Å². The average Bonchev–Trinajstić information content (AvgIpc) is 2.90. The summed E-state index contributed by atoms with van der Waals surface area (Å²) in [5.74, 6) is 0.786. The molecule has 0 radical (unpaired) electrons. The minimum atomic E-state index is -0.354. The third-order valence-corrected chi connectivity index (χ3v) is 5.33. The number of anilines is 2. The molecule has 7 heteroatoms. The van der Waals surface area contributed by atoms with Gasteiger partial charge in [-0.1, -0.05) is 48.5 Å². The zero-order chi connectivity index (χ0) is 25.3. The summed E-state index contributed by atoms with van der Waals surface area (Å²) in [6, 6.07) is 25.8. The Morgan fingerprint density at radius 2 is 1.28 bits per heavy atom. The maximum atomic E-state index is 12.7. The standard InChI is InChI=1S/C29H28N2O5/c1-3-34-26-18-25(31-29(33)21-11-6-5-7-12-21)27(35-4-2)17-24(26)30-28(32)19-36-23-15-14-20-10-8-9-13-22(20)16-23/h5-18H,3-4,19H2,1-2H3,(H,30,32)(H,31,33). The number of amides is 2. The van der Waals surface area contributed by atoms with Crippen LogP contribution in [0.1, 0.15) is 24.2 Å². The van der Waals surface area contributed by atoms with Gasteiger partial charge in [0.1, 0.15) is 17.2 Å². The molecule has 36 heavy (non-hydrogen) atoms. The van der Waals surface area contributed by atoms with Crippen molar-refractivity contribution in [3.05, 3.63) is 90.5 Å². The van der Waals surface area contributed by atoms with Crippen LogP contribution in [0.25, 0.3) is 10.8 Å². The number of ether oxygens (including phenoxy) is 3. The summed E-state index contributed by atoms with van der Waals surface area (Å²) in [7, 11) is 0. The number of carbonyl (C=O) groups is 2. The van der Waals surface area contributed by atoms with Gasteiger partial charge in [-0.2, -0.15) is 0 Å². The van der Waals surface area contributed by atoms with E-state index in [0.29, 0.717) is 47.4 Å². The summed E-state index contributed by atoms with van der Waals surface area (Å²) in [5, 5.41) is 7.83. The highest BCUT2D eigenvalue weighted by atomic mass is 16.5. The first-order chi connectivity index (χ1) is 17.6. The maximum Gasteiger partial charge on any atom is 0.262 e. The van der Waals surface area contributed by atoms with E-state index < -0.39 is 0 Å². The molecule has 0 bridgehead atoms. The molecule has 0 fully saturated rings. The Morgan fingerprint density at radius 3 is 1.94 bits per heavy atom. The molecule has 0 unspecified atom stereocenters. The monoisotopic (exact) mass is 484 g/mol. The van der Waals surface area contributed by atoms with Gasteiger partial charge < -0.3 is 24.8 Å². The number of rotatable bonds is 10. The van der Waals surface area contributed by atoms with Crippen LogP contribution in [0.2, 0.25) is 0 Å². The second kappa shape index (κ2) is 11.8. The van der Waals surface area contributed by atoms with Crippen molar-refractivity contribution < 1.29 is 23.8 Å². The summed E-state index contributed by atoms with van der Waals surface area (Å²) < 4.78 is 17.2. The molecule has 0 aliphatic heterocycles. The molecule has 4 aromatic carbocycles. The minimum absolute atomic E-state index is 0.180. The third kappa shape index (κ3) is 6.13. The van der Waals surface area contributed by atoms with E-state index in [1.54, 1.807) is 36.4 Å². The Morgan fingerprint density at radius 1 is 0.667 bits per heavy atom. The first-order valence-corrected chi connectivity index (χ1v) is 11.8. The predicted molar refractivity (Wildman–Crippen MR) is 141 cm³/mol. The van der Waals surface area contributed by atoms with Gasteiger partial charge in [0.25, 0.3) is 11.8 Å². The lowest BCUT2D eigenvalue weighted by atomic mass is 10.1. The Kier molecular flexibility index (Phi) is 8.03. The smallest absolute Gasteiger partial charge is 0.262 e. The van der Waals surface area contributed by atoms with E-state index in [1.807, 2.05) is 62.4 Å². The lowest BCUT2D eigenvalue weighted by Crippen LogP contribution is -2.21. The fourth-order valence-corrected chi connectivity index (χ4v) is 3.68. The van der Waals surface area contributed by atoms with Crippen molar-refractivity contribution in [2.45, 2.75) is 13.8 Å². The quantitative estimate of drug-likeness (QED) is 0.292. The largest absolute Gasteiger partial charge is 0.492 e. The van der Waals surface area contributed by atoms with Crippen molar-refractivity contribution in [3.63, 3.8) is 0 Å². The van der Waals surface area contributed by atoms with Crippen molar-refractivity contribution in [1.29, 1.82) is 0 Å². The minimum Gasteiger partial charge on any atom is -0.492 e. The Balaban J connectivity index is 1.50. The van der Waals surface area contributed by atoms with Gasteiger partial charge >= 0.3 is 0 Å². The zero-order valence-electron chi connectivity index (χ0n) is 20.2. The van der Waals surface area contributed by atoms with Crippen LogP contribution in [-0.2, 0) is 4.79 Å². The summed E-state index contributed by atoms with van der Waals surface area (Å²) in [4.78, 5) is 25.4. The molecule has 0 aliphatic rings. The van der Waals surface area contributed by atoms with Crippen molar-refractivity contribution in [2.75, 3.05) is 30.5 Å². The van der Waals surface area contributed by atoms with Crippen molar-refractivity contribution in [2.24, 2.45) is 0 Å². The molecular weight excluding hydrogens is 456 g/mol. The highest BCUT2D eigenvalue weighted by molar-refractivity contribution is 6.05. The molecule has 2 amide bonds. The van der Waals surface area contributed by atoms with E-state index >= 15 is 0 Å². The van der Waals surface area contributed by atoms with E-state index in [0.717, 1.165) is 10.8 Å². The van der Waals surface area contributed by atoms with E-state index in [1.165, 1.54) is 0 Å². The lowest BCUT2D eigenvalue weighted by Gasteiger charge is -2.18. The Labute approximate surface area is 210 Å². The van der Waals surface area contributed by atoms with E-state index in [2.05, 4.69) is 10.6 Å². The number of nitrogens with one attached hydrogen (secondary N) is 2. The second-order valence-corrected chi connectivity index (χ2v) is 7.88. The van der Waals surface area contributed by atoms with Crippen LogP contribution in [0, 0.1) is 0 Å². The second-order valence-electron chi connectivity index (χ2n) is 7.88. The topological polar surface area (TPSA) is 85.9 Å². The van der Waals surface area contributed by atoms with Gasteiger partial charge in [0.2, 0.25) is 0 Å². The maximum absolute atomic E-state index is 12.7. The number of fused-ring (bicyclic) bond motifs is 1. The average molecular weight is 485 g/mol. The Hall–Kier alpha value is -4.52. The zero-order valence-corrected chi connectivity index (χ0v) is 20.2. The fraction of sp³-hybridized carbons (Fsp3) is 0.172. The molecule has 0 saturated carbocycles. The molecule has 0 aliphatic carbocycles.